The molecule has 0 aromatic carbocycles. The van der Waals surface area contributed by atoms with Crippen molar-refractivity contribution in [3.63, 3.8) is 0 Å². The maximum atomic E-state index is 2.75. The van der Waals surface area contributed by atoms with Gasteiger partial charge in [0.2, 0.25) is 0 Å². The van der Waals surface area contributed by atoms with Crippen LogP contribution in [0.5, 0.6) is 0 Å². The van der Waals surface area contributed by atoms with E-state index in [0.29, 0.717) is 11.1 Å². The van der Waals surface area contributed by atoms with Gasteiger partial charge in [0, 0.05) is 62.9 Å². The molecule has 0 bridgehead atoms. The normalized spacial score (nSPS) is 27.6. The molecule has 0 unspecified atom stereocenters. The first-order chi connectivity index (χ1) is 11.6. The fraction of sp³-hybridized carbons (Fsp3) is 1.00. The first kappa shape index (κ1) is 19.6. The summed E-state index contributed by atoms with van der Waals surface area (Å²) < 4.78 is 0. The molecule has 0 aliphatic carbocycles. The van der Waals surface area contributed by atoms with Gasteiger partial charge in [0.05, 0.1) is 0 Å². The van der Waals surface area contributed by atoms with Crippen LogP contribution >= 0.6 is 0 Å². The summed E-state index contributed by atoms with van der Waals surface area (Å²) in [5.41, 5.74) is 0.682. The summed E-state index contributed by atoms with van der Waals surface area (Å²) in [6, 6.07) is 0.830. The molecule has 3 aliphatic rings. The molecule has 0 amide bonds. The van der Waals surface area contributed by atoms with E-state index >= 15 is 0 Å². The Morgan fingerprint density at radius 1 is 0.680 bits per heavy atom. The number of piperidine rings is 1. The molecular weight excluding hydrogens is 308 g/mol. The molecular formula is C21H42N4. The Hall–Kier alpha value is -0.160. The Morgan fingerprint density at radius 3 is 1.64 bits per heavy atom. The van der Waals surface area contributed by atoms with Crippen LogP contribution in [0.2, 0.25) is 0 Å². The van der Waals surface area contributed by atoms with Crippen molar-refractivity contribution in [1.82, 2.24) is 19.6 Å². The van der Waals surface area contributed by atoms with Gasteiger partial charge in [0.25, 0.3) is 0 Å². The zero-order chi connectivity index (χ0) is 18.2. The smallest absolute Gasteiger partial charge is 0.0351 e. The molecule has 0 N–H and O–H groups in total. The molecule has 4 nitrogen and oxygen atoms in total. The molecule has 0 radical (unpaired) electrons. The zero-order valence-electron chi connectivity index (χ0n) is 17.7. The second kappa shape index (κ2) is 7.46. The molecule has 3 saturated heterocycles. The van der Waals surface area contributed by atoms with E-state index in [0.717, 1.165) is 12.0 Å². The van der Waals surface area contributed by atoms with E-state index in [1.807, 2.05) is 0 Å². The van der Waals surface area contributed by atoms with Gasteiger partial charge in [-0.15, -0.1) is 0 Å². The lowest BCUT2D eigenvalue weighted by Crippen LogP contribution is -2.65. The monoisotopic (exact) mass is 350 g/mol. The Morgan fingerprint density at radius 2 is 1.16 bits per heavy atom. The standard InChI is InChI=1S/C21H42N4/c1-20(2,3)24-9-7-18(8-10-24)15-22-16-19(17-22)23-11-13-25(14-12-23)21(4,5)6/h18-19H,7-17H2,1-6H3. The lowest BCUT2D eigenvalue weighted by molar-refractivity contribution is -0.0239. The van der Waals surface area contributed by atoms with Gasteiger partial charge >= 0.3 is 0 Å². The van der Waals surface area contributed by atoms with E-state index in [1.54, 1.807) is 0 Å². The van der Waals surface area contributed by atoms with E-state index in [-0.39, 0.29) is 0 Å². The van der Waals surface area contributed by atoms with Gasteiger partial charge in [-0.25, -0.2) is 0 Å². The number of nitrogens with zero attached hydrogens (tertiary/aromatic N) is 4. The summed E-state index contributed by atoms with van der Waals surface area (Å²) in [6.07, 6.45) is 2.78. The zero-order valence-corrected chi connectivity index (χ0v) is 17.7. The van der Waals surface area contributed by atoms with E-state index in [4.69, 9.17) is 0 Å². The quantitative estimate of drug-likeness (QED) is 0.775. The molecule has 0 saturated carbocycles. The predicted molar refractivity (Wildman–Crippen MR) is 107 cm³/mol. The Kier molecular flexibility index (Phi) is 5.85. The average Bonchev–Trinajstić information content (AvgIpc) is 2.49. The number of likely N-dealkylation sites (tertiary alicyclic amines) is 2. The van der Waals surface area contributed by atoms with Crippen LogP contribution in [0.1, 0.15) is 54.4 Å². The third-order valence-electron chi connectivity index (χ3n) is 6.80. The summed E-state index contributed by atoms with van der Waals surface area (Å²) in [4.78, 5) is 10.8. The SMILES string of the molecule is CC(C)(C)N1CCC(CN2CC(N3CCN(C(C)(C)C)CC3)C2)CC1. The van der Waals surface area contributed by atoms with Gasteiger partial charge in [-0.1, -0.05) is 0 Å². The molecule has 3 aliphatic heterocycles. The molecule has 4 heteroatoms. The van der Waals surface area contributed by atoms with E-state index in [2.05, 4.69) is 61.1 Å². The summed E-state index contributed by atoms with van der Waals surface area (Å²) >= 11 is 0. The van der Waals surface area contributed by atoms with Crippen molar-refractivity contribution in [2.75, 3.05) is 58.9 Å². The topological polar surface area (TPSA) is 13.0 Å². The number of hydrogen-bond donors (Lipinski definition) is 0. The van der Waals surface area contributed by atoms with E-state index < -0.39 is 0 Å². The van der Waals surface area contributed by atoms with Gasteiger partial charge < -0.3 is 0 Å². The second-order valence-electron chi connectivity index (χ2n) is 10.7. The molecule has 0 aromatic rings. The highest BCUT2D eigenvalue weighted by Gasteiger charge is 2.36. The first-order valence-electron chi connectivity index (χ1n) is 10.6. The highest BCUT2D eigenvalue weighted by molar-refractivity contribution is 4.93. The Labute approximate surface area is 156 Å². The van der Waals surface area contributed by atoms with Crippen molar-refractivity contribution < 1.29 is 0 Å². The molecule has 3 heterocycles. The highest BCUT2D eigenvalue weighted by atomic mass is 15.4. The van der Waals surface area contributed by atoms with E-state index in [1.165, 1.54) is 71.7 Å². The van der Waals surface area contributed by atoms with E-state index in [9.17, 15) is 0 Å². The Balaban J connectivity index is 1.33. The molecule has 146 valence electrons. The molecule has 0 spiro atoms. The van der Waals surface area contributed by atoms with Crippen LogP contribution < -0.4 is 0 Å². The fourth-order valence-electron chi connectivity index (χ4n) is 4.83. The van der Waals surface area contributed by atoms with Gasteiger partial charge in [-0.05, 0) is 73.4 Å². The predicted octanol–water partition coefficient (Wildman–Crippen LogP) is 2.60. The van der Waals surface area contributed by atoms with Crippen LogP contribution in [-0.4, -0.2) is 95.6 Å². The summed E-state index contributed by atoms with van der Waals surface area (Å²) in [5.74, 6) is 0.928. The maximum Gasteiger partial charge on any atom is 0.0351 e. The van der Waals surface area contributed by atoms with Gasteiger partial charge in [0.15, 0.2) is 0 Å². The lowest BCUT2D eigenvalue weighted by atomic mass is 9.91. The third kappa shape index (κ3) is 4.97. The summed E-state index contributed by atoms with van der Waals surface area (Å²) in [6.45, 7) is 25.7. The van der Waals surface area contributed by atoms with Crippen LogP contribution in [0.25, 0.3) is 0 Å². The summed E-state index contributed by atoms with van der Waals surface area (Å²) in [7, 11) is 0. The lowest BCUT2D eigenvalue weighted by Gasteiger charge is -2.51. The maximum absolute atomic E-state index is 2.75. The van der Waals surface area contributed by atoms with Crippen LogP contribution in [0.4, 0.5) is 0 Å². The van der Waals surface area contributed by atoms with Crippen molar-refractivity contribution in [2.24, 2.45) is 5.92 Å². The van der Waals surface area contributed by atoms with Crippen molar-refractivity contribution in [2.45, 2.75) is 71.5 Å². The van der Waals surface area contributed by atoms with Crippen LogP contribution in [0.3, 0.4) is 0 Å². The van der Waals surface area contributed by atoms with Crippen molar-refractivity contribution in [3.8, 4) is 0 Å². The van der Waals surface area contributed by atoms with Gasteiger partial charge in [-0.3, -0.25) is 19.6 Å². The Bertz CT molecular complexity index is 414. The highest BCUT2D eigenvalue weighted by Crippen LogP contribution is 2.27. The number of hydrogen-bond acceptors (Lipinski definition) is 4. The average molecular weight is 351 g/mol. The molecule has 3 rings (SSSR count). The molecule has 25 heavy (non-hydrogen) atoms. The molecule has 3 fully saturated rings. The van der Waals surface area contributed by atoms with Crippen molar-refractivity contribution in [1.29, 1.82) is 0 Å². The van der Waals surface area contributed by atoms with Crippen molar-refractivity contribution >= 4 is 0 Å². The van der Waals surface area contributed by atoms with Gasteiger partial charge in [0.1, 0.15) is 0 Å². The van der Waals surface area contributed by atoms with Crippen LogP contribution in [-0.2, 0) is 0 Å². The molecule has 0 aromatic heterocycles. The van der Waals surface area contributed by atoms with Gasteiger partial charge in [-0.2, -0.15) is 0 Å². The fourth-order valence-corrected chi connectivity index (χ4v) is 4.83. The largest absolute Gasteiger partial charge is 0.300 e. The number of rotatable bonds is 3. The first-order valence-corrected chi connectivity index (χ1v) is 10.6. The minimum Gasteiger partial charge on any atom is -0.300 e. The number of piperazine rings is 1. The summed E-state index contributed by atoms with van der Waals surface area (Å²) in [5, 5.41) is 0. The minimum atomic E-state index is 0.333. The third-order valence-corrected chi connectivity index (χ3v) is 6.80. The van der Waals surface area contributed by atoms with Crippen LogP contribution in [0.15, 0.2) is 0 Å². The van der Waals surface area contributed by atoms with Crippen LogP contribution in [0, 0.1) is 5.92 Å². The minimum absolute atomic E-state index is 0.333. The van der Waals surface area contributed by atoms with Crippen molar-refractivity contribution in [3.05, 3.63) is 0 Å². The molecule has 0 atom stereocenters. The second-order valence-corrected chi connectivity index (χ2v) is 10.7.